The fraction of sp³-hybridized carbons (Fsp3) is 0.357. The van der Waals surface area contributed by atoms with Crippen LogP contribution in [0.1, 0.15) is 23.6 Å². The van der Waals surface area contributed by atoms with Gasteiger partial charge in [-0.2, -0.15) is 0 Å². The standard InChI is InChI=1S/C13H17N.CH4N2/c1-10(2)12-5-4-11-6-7-14(3)9-13(11)8-12;2-1-3/h4-5,8H,1,6-7,9H2,2-3H3;1H,(H3,2,3). The largest absolute Gasteiger partial charge is 0.390 e. The first kappa shape index (κ1) is 13.5. The lowest BCUT2D eigenvalue weighted by molar-refractivity contribution is 0.313. The van der Waals surface area contributed by atoms with Gasteiger partial charge in [0.15, 0.2) is 0 Å². The molecule has 0 bridgehead atoms. The van der Waals surface area contributed by atoms with Gasteiger partial charge in [0.2, 0.25) is 0 Å². The van der Waals surface area contributed by atoms with Crippen molar-refractivity contribution in [1.29, 1.82) is 5.41 Å². The van der Waals surface area contributed by atoms with Gasteiger partial charge in [-0.15, -0.1) is 0 Å². The van der Waals surface area contributed by atoms with E-state index >= 15 is 0 Å². The number of allylic oxidation sites excluding steroid dienone is 1. The summed E-state index contributed by atoms with van der Waals surface area (Å²) in [6.07, 6.45) is 1.93. The highest BCUT2D eigenvalue weighted by Gasteiger charge is 2.12. The fourth-order valence-electron chi connectivity index (χ4n) is 1.96. The van der Waals surface area contributed by atoms with E-state index in [-0.39, 0.29) is 0 Å². The number of benzene rings is 1. The van der Waals surface area contributed by atoms with Crippen molar-refractivity contribution in [2.24, 2.45) is 5.73 Å². The third-order valence-electron chi connectivity index (χ3n) is 2.90. The van der Waals surface area contributed by atoms with Gasteiger partial charge in [-0.25, -0.2) is 0 Å². The molecule has 92 valence electrons. The molecule has 0 unspecified atom stereocenters. The number of hydrogen-bond acceptors (Lipinski definition) is 2. The average molecular weight is 231 g/mol. The zero-order valence-corrected chi connectivity index (χ0v) is 10.7. The van der Waals surface area contributed by atoms with Crippen molar-refractivity contribution in [1.82, 2.24) is 4.90 Å². The van der Waals surface area contributed by atoms with Gasteiger partial charge < -0.3 is 10.6 Å². The molecule has 3 heteroatoms. The van der Waals surface area contributed by atoms with Crippen LogP contribution in [-0.2, 0) is 13.0 Å². The van der Waals surface area contributed by atoms with Crippen LogP contribution in [0, 0.1) is 5.41 Å². The minimum atomic E-state index is 0.750. The predicted molar refractivity (Wildman–Crippen MR) is 74.2 cm³/mol. The summed E-state index contributed by atoms with van der Waals surface area (Å²) in [6.45, 7) is 8.30. The Bertz CT molecular complexity index is 410. The number of hydrogen-bond donors (Lipinski definition) is 2. The van der Waals surface area contributed by atoms with Crippen LogP contribution >= 0.6 is 0 Å². The van der Waals surface area contributed by atoms with Crippen molar-refractivity contribution in [3.8, 4) is 0 Å². The maximum atomic E-state index is 5.86. The molecule has 1 aromatic carbocycles. The average Bonchev–Trinajstić information content (AvgIpc) is 2.29. The lowest BCUT2D eigenvalue weighted by Gasteiger charge is -2.25. The van der Waals surface area contributed by atoms with Crippen LogP contribution in [0.15, 0.2) is 24.8 Å². The Morgan fingerprint density at radius 2 is 2.12 bits per heavy atom. The molecule has 0 amide bonds. The van der Waals surface area contributed by atoms with Gasteiger partial charge in [-0.3, -0.25) is 5.41 Å². The van der Waals surface area contributed by atoms with Gasteiger partial charge in [-0.05, 0) is 43.1 Å². The van der Waals surface area contributed by atoms with Crippen molar-refractivity contribution >= 4 is 11.9 Å². The second-order valence-corrected chi connectivity index (χ2v) is 4.42. The second kappa shape index (κ2) is 6.21. The molecular weight excluding hydrogens is 210 g/mol. The smallest absolute Gasteiger partial charge is 0.0765 e. The summed E-state index contributed by atoms with van der Waals surface area (Å²) in [5, 5.41) is 5.86. The maximum Gasteiger partial charge on any atom is 0.0765 e. The molecule has 0 radical (unpaired) electrons. The third-order valence-corrected chi connectivity index (χ3v) is 2.90. The topological polar surface area (TPSA) is 53.1 Å². The Balaban J connectivity index is 0.000000437. The minimum absolute atomic E-state index is 0.750. The lowest BCUT2D eigenvalue weighted by atomic mass is 9.96. The zero-order chi connectivity index (χ0) is 12.8. The van der Waals surface area contributed by atoms with E-state index in [1.54, 1.807) is 0 Å². The van der Waals surface area contributed by atoms with Gasteiger partial charge in [0.1, 0.15) is 0 Å². The van der Waals surface area contributed by atoms with Gasteiger partial charge in [0, 0.05) is 13.1 Å². The van der Waals surface area contributed by atoms with E-state index in [1.165, 1.54) is 29.7 Å². The highest BCUT2D eigenvalue weighted by Crippen LogP contribution is 2.22. The number of fused-ring (bicyclic) bond motifs is 1. The van der Waals surface area contributed by atoms with Crippen molar-refractivity contribution in [3.05, 3.63) is 41.5 Å². The van der Waals surface area contributed by atoms with Crippen molar-refractivity contribution in [2.75, 3.05) is 13.6 Å². The molecule has 1 aliphatic heterocycles. The highest BCUT2D eigenvalue weighted by molar-refractivity contribution is 5.62. The minimum Gasteiger partial charge on any atom is -0.390 e. The summed E-state index contributed by atoms with van der Waals surface area (Å²) in [6, 6.07) is 6.73. The molecule has 0 atom stereocenters. The number of nitrogens with zero attached hydrogens (tertiary/aromatic N) is 1. The molecular formula is C14H21N3. The highest BCUT2D eigenvalue weighted by atomic mass is 15.1. The van der Waals surface area contributed by atoms with E-state index in [0.717, 1.165) is 18.5 Å². The molecule has 0 saturated carbocycles. The SMILES string of the molecule is C=C(C)c1ccc2c(c1)CN(C)CC2.N=CN. The Labute approximate surface area is 103 Å². The lowest BCUT2D eigenvalue weighted by Crippen LogP contribution is -2.26. The van der Waals surface area contributed by atoms with Crippen LogP contribution in [-0.4, -0.2) is 24.8 Å². The van der Waals surface area contributed by atoms with E-state index in [9.17, 15) is 0 Å². The Hall–Kier alpha value is -1.61. The number of likely N-dealkylation sites (N-methyl/N-ethyl adjacent to an activating group) is 1. The first-order chi connectivity index (χ1) is 8.08. The molecule has 3 N–H and O–H groups in total. The summed E-state index contributed by atoms with van der Waals surface area (Å²) in [4.78, 5) is 2.37. The third kappa shape index (κ3) is 3.71. The first-order valence-electron chi connectivity index (χ1n) is 5.75. The first-order valence-corrected chi connectivity index (χ1v) is 5.75. The molecule has 0 aliphatic carbocycles. The predicted octanol–water partition coefficient (Wildman–Crippen LogP) is 2.26. The van der Waals surface area contributed by atoms with E-state index in [4.69, 9.17) is 5.41 Å². The van der Waals surface area contributed by atoms with Crippen LogP contribution in [0.4, 0.5) is 0 Å². The van der Waals surface area contributed by atoms with Crippen LogP contribution in [0.2, 0.25) is 0 Å². The fourth-order valence-corrected chi connectivity index (χ4v) is 1.96. The van der Waals surface area contributed by atoms with E-state index < -0.39 is 0 Å². The van der Waals surface area contributed by atoms with Gasteiger partial charge in [0.05, 0.1) is 6.34 Å². The van der Waals surface area contributed by atoms with Gasteiger partial charge in [0.25, 0.3) is 0 Å². The summed E-state index contributed by atoms with van der Waals surface area (Å²) in [5.74, 6) is 0. The summed E-state index contributed by atoms with van der Waals surface area (Å²) >= 11 is 0. The Kier molecular flexibility index (Phi) is 4.91. The van der Waals surface area contributed by atoms with E-state index in [1.807, 2.05) is 0 Å². The normalized spacial score (nSPS) is 14.2. The Morgan fingerprint density at radius 1 is 1.47 bits per heavy atom. The van der Waals surface area contributed by atoms with Crippen LogP contribution < -0.4 is 5.73 Å². The molecule has 1 heterocycles. The number of nitrogens with one attached hydrogen (secondary N) is 1. The van der Waals surface area contributed by atoms with E-state index in [0.29, 0.717) is 0 Å². The summed E-state index contributed by atoms with van der Waals surface area (Å²) in [5.41, 5.74) is 9.80. The van der Waals surface area contributed by atoms with Crippen LogP contribution in [0.5, 0.6) is 0 Å². The summed E-state index contributed by atoms with van der Waals surface area (Å²) in [7, 11) is 2.18. The van der Waals surface area contributed by atoms with Crippen molar-refractivity contribution in [2.45, 2.75) is 19.9 Å². The van der Waals surface area contributed by atoms with Crippen molar-refractivity contribution < 1.29 is 0 Å². The molecule has 2 rings (SSSR count). The van der Waals surface area contributed by atoms with Gasteiger partial charge in [-0.1, -0.05) is 24.3 Å². The van der Waals surface area contributed by atoms with E-state index in [2.05, 4.69) is 49.4 Å². The molecule has 1 aliphatic rings. The van der Waals surface area contributed by atoms with Crippen molar-refractivity contribution in [3.63, 3.8) is 0 Å². The quantitative estimate of drug-likeness (QED) is 0.575. The monoisotopic (exact) mass is 231 g/mol. The molecule has 0 fully saturated rings. The molecule has 1 aromatic rings. The van der Waals surface area contributed by atoms with Crippen LogP contribution in [0.3, 0.4) is 0 Å². The molecule has 0 aromatic heterocycles. The Morgan fingerprint density at radius 3 is 2.71 bits per heavy atom. The molecule has 3 nitrogen and oxygen atoms in total. The molecule has 17 heavy (non-hydrogen) atoms. The molecule has 0 spiro atoms. The zero-order valence-electron chi connectivity index (χ0n) is 10.7. The van der Waals surface area contributed by atoms with Crippen LogP contribution in [0.25, 0.3) is 5.57 Å². The van der Waals surface area contributed by atoms with Gasteiger partial charge >= 0.3 is 0 Å². The molecule has 0 saturated heterocycles. The summed E-state index contributed by atoms with van der Waals surface area (Å²) < 4.78 is 0. The number of rotatable bonds is 1. The second-order valence-electron chi connectivity index (χ2n) is 4.42. The maximum absolute atomic E-state index is 5.86. The number of nitrogens with two attached hydrogens (primary N) is 1.